The van der Waals surface area contributed by atoms with Crippen molar-refractivity contribution in [2.24, 2.45) is 7.05 Å². The smallest absolute Gasteiger partial charge is 0.0705 e. The summed E-state index contributed by atoms with van der Waals surface area (Å²) in [7, 11) is 2.11. The molecule has 0 amide bonds. The first-order chi connectivity index (χ1) is 7.70. The van der Waals surface area contributed by atoms with Crippen molar-refractivity contribution < 1.29 is 0 Å². The van der Waals surface area contributed by atoms with Gasteiger partial charge >= 0.3 is 0 Å². The molecule has 0 radical (unpaired) electrons. The van der Waals surface area contributed by atoms with Gasteiger partial charge in [-0.3, -0.25) is 4.98 Å². The zero-order valence-electron chi connectivity index (χ0n) is 9.16. The molecule has 0 N–H and O–H groups in total. The Morgan fingerprint density at radius 2 is 1.88 bits per heavy atom. The monoisotopic (exact) mass is 322 g/mol. The van der Waals surface area contributed by atoms with Gasteiger partial charge in [-0.25, -0.2) is 0 Å². The maximum atomic E-state index is 4.37. The molecule has 3 rings (SSSR count). The van der Waals surface area contributed by atoms with Crippen LogP contribution in [0.4, 0.5) is 0 Å². The van der Waals surface area contributed by atoms with Crippen molar-refractivity contribution in [2.45, 2.75) is 6.92 Å². The summed E-state index contributed by atoms with van der Waals surface area (Å²) < 4.78 is 3.53. The van der Waals surface area contributed by atoms with Gasteiger partial charge in [0.15, 0.2) is 0 Å². The van der Waals surface area contributed by atoms with E-state index < -0.39 is 0 Å². The summed E-state index contributed by atoms with van der Waals surface area (Å²) in [6.07, 6.45) is 1.89. The van der Waals surface area contributed by atoms with Crippen LogP contribution in [0.15, 0.2) is 30.5 Å². The van der Waals surface area contributed by atoms with Crippen LogP contribution in [0.5, 0.6) is 0 Å². The van der Waals surface area contributed by atoms with E-state index in [-0.39, 0.29) is 0 Å². The summed E-state index contributed by atoms with van der Waals surface area (Å²) >= 11 is 2.39. The van der Waals surface area contributed by atoms with E-state index in [2.05, 4.69) is 70.4 Å². The maximum absolute atomic E-state index is 4.37. The topological polar surface area (TPSA) is 17.8 Å². The van der Waals surface area contributed by atoms with Crippen LogP contribution >= 0.6 is 22.6 Å². The number of nitrogens with zero attached hydrogens (tertiary/aromatic N) is 2. The molecule has 2 nitrogen and oxygen atoms in total. The van der Waals surface area contributed by atoms with Gasteiger partial charge in [-0.1, -0.05) is 12.1 Å². The minimum absolute atomic E-state index is 1.09. The number of aryl methyl sites for hydroxylation is 2. The lowest BCUT2D eigenvalue weighted by molar-refractivity contribution is 0.994. The fourth-order valence-electron chi connectivity index (χ4n) is 2.38. The summed E-state index contributed by atoms with van der Waals surface area (Å²) in [5, 5.41) is 2.61. The number of hydrogen-bond acceptors (Lipinski definition) is 1. The van der Waals surface area contributed by atoms with Gasteiger partial charge < -0.3 is 4.57 Å². The van der Waals surface area contributed by atoms with Crippen LogP contribution < -0.4 is 0 Å². The minimum atomic E-state index is 1.09. The van der Waals surface area contributed by atoms with Crippen LogP contribution in [0.25, 0.3) is 21.8 Å². The Balaban J connectivity index is 2.70. The lowest BCUT2D eigenvalue weighted by Crippen LogP contribution is -1.92. The molecule has 0 atom stereocenters. The highest BCUT2D eigenvalue weighted by Gasteiger charge is 2.11. The second kappa shape index (κ2) is 3.45. The number of hydrogen-bond donors (Lipinski definition) is 0. The average molecular weight is 322 g/mol. The fraction of sp³-hybridized carbons (Fsp3) is 0.154. The van der Waals surface area contributed by atoms with E-state index in [1.54, 1.807) is 0 Å². The first kappa shape index (κ1) is 10.1. The predicted octanol–water partition coefficient (Wildman–Crippen LogP) is 3.64. The molecule has 80 valence electrons. The van der Waals surface area contributed by atoms with Crippen LogP contribution in [-0.2, 0) is 7.05 Å². The SMILES string of the molecule is Cc1nccc2c3cccc(I)c3n(C)c12. The van der Waals surface area contributed by atoms with E-state index in [0.29, 0.717) is 0 Å². The Kier molecular flexibility index (Phi) is 2.17. The van der Waals surface area contributed by atoms with Crippen molar-refractivity contribution in [1.82, 2.24) is 9.55 Å². The molecule has 0 aliphatic rings. The standard InChI is InChI=1S/C13H11IN2/c1-8-12-10(6-7-15-8)9-4-3-5-11(14)13(9)16(12)2/h3-7H,1-2H3. The molecule has 0 saturated heterocycles. The van der Waals surface area contributed by atoms with Crippen LogP contribution in [-0.4, -0.2) is 9.55 Å². The number of pyridine rings is 1. The Bertz CT molecular complexity index is 639. The molecule has 0 aliphatic heterocycles. The summed E-state index contributed by atoms with van der Waals surface area (Å²) in [5.41, 5.74) is 3.63. The third-order valence-corrected chi connectivity index (χ3v) is 3.93. The molecule has 0 aliphatic carbocycles. The van der Waals surface area contributed by atoms with Gasteiger partial charge in [0.1, 0.15) is 0 Å². The molecule has 3 aromatic rings. The van der Waals surface area contributed by atoms with Gasteiger partial charge in [0, 0.05) is 27.6 Å². The van der Waals surface area contributed by atoms with Gasteiger partial charge in [-0.15, -0.1) is 0 Å². The molecule has 3 heteroatoms. The molecule has 0 saturated carbocycles. The summed E-state index contributed by atoms with van der Waals surface area (Å²) in [6.45, 7) is 2.06. The van der Waals surface area contributed by atoms with Gasteiger partial charge in [-0.05, 0) is 41.6 Å². The van der Waals surface area contributed by atoms with Gasteiger partial charge in [0.25, 0.3) is 0 Å². The second-order valence-corrected chi connectivity index (χ2v) is 5.15. The molecule has 0 bridgehead atoms. The van der Waals surface area contributed by atoms with Crippen LogP contribution in [0.1, 0.15) is 5.69 Å². The van der Waals surface area contributed by atoms with Gasteiger partial charge in [0.2, 0.25) is 0 Å². The molecule has 2 heterocycles. The molecular formula is C13H11IN2. The molecule has 2 aromatic heterocycles. The van der Waals surface area contributed by atoms with Crippen LogP contribution in [0.3, 0.4) is 0 Å². The van der Waals surface area contributed by atoms with Crippen LogP contribution in [0, 0.1) is 10.5 Å². The van der Waals surface area contributed by atoms with Crippen molar-refractivity contribution in [2.75, 3.05) is 0 Å². The molecule has 0 spiro atoms. The first-order valence-corrected chi connectivity index (χ1v) is 6.26. The maximum Gasteiger partial charge on any atom is 0.0705 e. The zero-order valence-corrected chi connectivity index (χ0v) is 11.3. The highest BCUT2D eigenvalue weighted by atomic mass is 127. The third-order valence-electron chi connectivity index (χ3n) is 3.05. The highest BCUT2D eigenvalue weighted by molar-refractivity contribution is 14.1. The van der Waals surface area contributed by atoms with E-state index in [4.69, 9.17) is 0 Å². The Morgan fingerprint density at radius 1 is 1.12 bits per heavy atom. The summed E-state index contributed by atoms with van der Waals surface area (Å²) in [4.78, 5) is 4.37. The quantitative estimate of drug-likeness (QED) is 0.578. The van der Waals surface area contributed by atoms with Crippen LogP contribution in [0.2, 0.25) is 0 Å². The highest BCUT2D eigenvalue weighted by Crippen LogP contribution is 2.31. The Hall–Kier alpha value is -1.10. The van der Waals surface area contributed by atoms with E-state index in [1.165, 1.54) is 25.4 Å². The van der Waals surface area contributed by atoms with Gasteiger partial charge in [0.05, 0.1) is 16.7 Å². The number of rotatable bonds is 0. The third kappa shape index (κ3) is 1.21. The number of fused-ring (bicyclic) bond motifs is 3. The van der Waals surface area contributed by atoms with Crippen molar-refractivity contribution in [1.29, 1.82) is 0 Å². The van der Waals surface area contributed by atoms with Gasteiger partial charge in [-0.2, -0.15) is 0 Å². The van der Waals surface area contributed by atoms with Crippen molar-refractivity contribution >= 4 is 44.4 Å². The van der Waals surface area contributed by atoms with E-state index in [1.807, 2.05) is 6.20 Å². The van der Waals surface area contributed by atoms with Crippen molar-refractivity contribution in [3.63, 3.8) is 0 Å². The summed E-state index contributed by atoms with van der Waals surface area (Å²) in [6, 6.07) is 8.53. The molecule has 0 fully saturated rings. The molecule has 1 aromatic carbocycles. The average Bonchev–Trinajstić information content (AvgIpc) is 2.56. The zero-order chi connectivity index (χ0) is 11.3. The lowest BCUT2D eigenvalue weighted by atomic mass is 10.2. The molecular weight excluding hydrogens is 311 g/mol. The Morgan fingerprint density at radius 3 is 2.69 bits per heavy atom. The summed E-state index contributed by atoms with van der Waals surface area (Å²) in [5.74, 6) is 0. The minimum Gasteiger partial charge on any atom is -0.341 e. The fourth-order valence-corrected chi connectivity index (χ4v) is 3.24. The Labute approximate surface area is 107 Å². The number of benzene rings is 1. The largest absolute Gasteiger partial charge is 0.341 e. The van der Waals surface area contributed by atoms with E-state index >= 15 is 0 Å². The van der Waals surface area contributed by atoms with Crippen molar-refractivity contribution in [3.8, 4) is 0 Å². The molecule has 0 unspecified atom stereocenters. The second-order valence-electron chi connectivity index (χ2n) is 3.99. The number of aromatic nitrogens is 2. The van der Waals surface area contributed by atoms with Crippen molar-refractivity contribution in [3.05, 3.63) is 39.7 Å². The molecule has 16 heavy (non-hydrogen) atoms. The van der Waals surface area contributed by atoms with E-state index in [0.717, 1.165) is 5.69 Å². The van der Waals surface area contributed by atoms with E-state index in [9.17, 15) is 0 Å². The lowest BCUT2D eigenvalue weighted by Gasteiger charge is -2.01. The first-order valence-electron chi connectivity index (χ1n) is 5.18. The number of halogens is 1. The predicted molar refractivity (Wildman–Crippen MR) is 75.7 cm³/mol. The normalized spacial score (nSPS) is 11.4. The number of para-hydroxylation sites is 1.